The van der Waals surface area contributed by atoms with Crippen molar-refractivity contribution < 1.29 is 14.3 Å². The summed E-state index contributed by atoms with van der Waals surface area (Å²) in [6.07, 6.45) is 4.81. The van der Waals surface area contributed by atoms with Gasteiger partial charge in [-0.15, -0.1) is 6.42 Å². The van der Waals surface area contributed by atoms with Crippen LogP contribution in [0.2, 0.25) is 0 Å². The molecule has 0 radical (unpaired) electrons. The second-order valence-electron chi connectivity index (χ2n) is 2.72. The monoisotopic (exact) mass is 169 g/mol. The van der Waals surface area contributed by atoms with Crippen molar-refractivity contribution in [2.75, 3.05) is 7.11 Å². The lowest BCUT2D eigenvalue weighted by atomic mass is 10.1. The third kappa shape index (κ3) is 2.62. The predicted octanol–water partition coefficient (Wildman–Crippen LogP) is -0.313. The first-order chi connectivity index (χ1) is 5.44. The standard InChI is InChI=1S/C8H11NO3/c1-5-6(10)9-8(2,3)7(11)12-4/h1H,2-4H3,(H,9,10). The van der Waals surface area contributed by atoms with Crippen LogP contribution in [0.15, 0.2) is 0 Å². The van der Waals surface area contributed by atoms with E-state index in [1.165, 1.54) is 21.0 Å². The lowest BCUT2D eigenvalue weighted by molar-refractivity contribution is -0.148. The van der Waals surface area contributed by atoms with Crippen molar-refractivity contribution in [1.29, 1.82) is 0 Å². The van der Waals surface area contributed by atoms with Crippen molar-refractivity contribution in [2.45, 2.75) is 19.4 Å². The van der Waals surface area contributed by atoms with E-state index in [0.717, 1.165) is 0 Å². The Morgan fingerprint density at radius 1 is 1.50 bits per heavy atom. The van der Waals surface area contributed by atoms with Gasteiger partial charge in [-0.2, -0.15) is 0 Å². The maximum atomic E-state index is 11.0. The summed E-state index contributed by atoms with van der Waals surface area (Å²) in [5.74, 6) is 0.672. The summed E-state index contributed by atoms with van der Waals surface area (Å²) in [6.45, 7) is 3.02. The number of ether oxygens (including phenoxy) is 1. The van der Waals surface area contributed by atoms with Gasteiger partial charge in [0.1, 0.15) is 5.54 Å². The molecule has 0 spiro atoms. The molecule has 0 aromatic rings. The topological polar surface area (TPSA) is 55.4 Å². The van der Waals surface area contributed by atoms with Crippen molar-refractivity contribution >= 4 is 11.9 Å². The molecule has 0 heterocycles. The van der Waals surface area contributed by atoms with Gasteiger partial charge >= 0.3 is 5.97 Å². The van der Waals surface area contributed by atoms with Gasteiger partial charge in [-0.1, -0.05) is 0 Å². The Kier molecular flexibility index (Phi) is 3.30. The van der Waals surface area contributed by atoms with Crippen molar-refractivity contribution in [3.8, 4) is 12.3 Å². The van der Waals surface area contributed by atoms with E-state index in [9.17, 15) is 9.59 Å². The minimum atomic E-state index is -1.07. The number of carbonyl (C=O) groups is 2. The number of hydrogen-bond donors (Lipinski definition) is 1. The largest absolute Gasteiger partial charge is 0.467 e. The highest BCUT2D eigenvalue weighted by Crippen LogP contribution is 2.03. The molecule has 0 aromatic carbocycles. The fourth-order valence-electron chi connectivity index (χ4n) is 0.626. The minimum Gasteiger partial charge on any atom is -0.467 e. The molecule has 0 aliphatic rings. The molecule has 1 amide bonds. The van der Waals surface area contributed by atoms with Crippen molar-refractivity contribution in [1.82, 2.24) is 5.32 Å². The molecule has 0 aliphatic carbocycles. The van der Waals surface area contributed by atoms with E-state index >= 15 is 0 Å². The van der Waals surface area contributed by atoms with E-state index in [4.69, 9.17) is 6.42 Å². The first kappa shape index (κ1) is 10.5. The molecule has 0 bridgehead atoms. The Balaban J connectivity index is 4.34. The second kappa shape index (κ2) is 3.77. The van der Waals surface area contributed by atoms with Gasteiger partial charge in [0, 0.05) is 0 Å². The molecule has 0 unspecified atom stereocenters. The molecule has 1 N–H and O–H groups in total. The summed E-state index contributed by atoms with van der Waals surface area (Å²) in [5, 5.41) is 2.31. The highest BCUT2D eigenvalue weighted by Gasteiger charge is 2.29. The van der Waals surface area contributed by atoms with Crippen LogP contribution in [0.5, 0.6) is 0 Å². The molecule has 12 heavy (non-hydrogen) atoms. The highest BCUT2D eigenvalue weighted by molar-refractivity contribution is 5.96. The van der Waals surface area contributed by atoms with Crippen LogP contribution >= 0.6 is 0 Å². The number of esters is 1. The number of rotatable bonds is 2. The van der Waals surface area contributed by atoms with Gasteiger partial charge in [0.25, 0.3) is 5.91 Å². The second-order valence-corrected chi connectivity index (χ2v) is 2.72. The Hall–Kier alpha value is -1.50. The van der Waals surface area contributed by atoms with Crippen LogP contribution in [0.3, 0.4) is 0 Å². The van der Waals surface area contributed by atoms with Gasteiger partial charge in [0.15, 0.2) is 0 Å². The first-order valence-corrected chi connectivity index (χ1v) is 3.31. The zero-order chi connectivity index (χ0) is 9.78. The fourth-order valence-corrected chi connectivity index (χ4v) is 0.626. The summed E-state index contributed by atoms with van der Waals surface area (Å²) in [7, 11) is 1.24. The molecule has 0 atom stereocenters. The molecular formula is C8H11NO3. The number of amides is 1. The van der Waals surface area contributed by atoms with E-state index < -0.39 is 17.4 Å². The van der Waals surface area contributed by atoms with Crippen molar-refractivity contribution in [3.05, 3.63) is 0 Å². The van der Waals surface area contributed by atoms with Crippen LogP contribution in [0.1, 0.15) is 13.8 Å². The van der Waals surface area contributed by atoms with Gasteiger partial charge < -0.3 is 10.1 Å². The van der Waals surface area contributed by atoms with Crippen LogP contribution in [0, 0.1) is 12.3 Å². The molecule has 4 heteroatoms. The molecule has 0 aliphatic heterocycles. The summed E-state index contributed by atoms with van der Waals surface area (Å²) in [5.41, 5.74) is -1.07. The summed E-state index contributed by atoms with van der Waals surface area (Å²) in [4.78, 5) is 21.7. The average Bonchev–Trinajstić information content (AvgIpc) is 2.02. The Bertz CT molecular complexity index is 237. The summed E-state index contributed by atoms with van der Waals surface area (Å²) >= 11 is 0. The predicted molar refractivity (Wildman–Crippen MR) is 43.1 cm³/mol. The molecule has 0 rings (SSSR count). The maximum Gasteiger partial charge on any atom is 0.331 e. The number of methoxy groups -OCH3 is 1. The number of hydrogen-bond acceptors (Lipinski definition) is 3. The highest BCUT2D eigenvalue weighted by atomic mass is 16.5. The quantitative estimate of drug-likeness (QED) is 0.455. The van der Waals surface area contributed by atoms with E-state index in [1.807, 2.05) is 5.92 Å². The van der Waals surface area contributed by atoms with E-state index in [2.05, 4.69) is 10.1 Å². The Morgan fingerprint density at radius 2 is 2.00 bits per heavy atom. The van der Waals surface area contributed by atoms with E-state index in [1.54, 1.807) is 0 Å². The van der Waals surface area contributed by atoms with Crippen LogP contribution in [0.25, 0.3) is 0 Å². The molecule has 0 fully saturated rings. The van der Waals surface area contributed by atoms with Crippen molar-refractivity contribution in [3.63, 3.8) is 0 Å². The lowest BCUT2D eigenvalue weighted by Crippen LogP contribution is -2.49. The van der Waals surface area contributed by atoms with Gasteiger partial charge in [0.05, 0.1) is 7.11 Å². The average molecular weight is 169 g/mol. The number of carbonyl (C=O) groups excluding carboxylic acids is 2. The fraction of sp³-hybridized carbons (Fsp3) is 0.500. The van der Waals surface area contributed by atoms with Crippen LogP contribution < -0.4 is 5.32 Å². The minimum absolute atomic E-state index is 0.536. The zero-order valence-electron chi connectivity index (χ0n) is 7.30. The van der Waals surface area contributed by atoms with Crippen LogP contribution in [0.4, 0.5) is 0 Å². The molecular weight excluding hydrogens is 158 g/mol. The summed E-state index contributed by atoms with van der Waals surface area (Å²) < 4.78 is 4.44. The Labute approximate surface area is 71.3 Å². The maximum absolute atomic E-state index is 11.0. The van der Waals surface area contributed by atoms with Gasteiger partial charge in [-0.3, -0.25) is 4.79 Å². The molecule has 0 saturated carbocycles. The zero-order valence-corrected chi connectivity index (χ0v) is 7.30. The van der Waals surface area contributed by atoms with Gasteiger partial charge in [0.2, 0.25) is 0 Å². The normalized spacial score (nSPS) is 9.83. The smallest absolute Gasteiger partial charge is 0.331 e. The van der Waals surface area contributed by atoms with Crippen LogP contribution in [-0.2, 0) is 14.3 Å². The van der Waals surface area contributed by atoms with E-state index in [0.29, 0.717) is 0 Å². The molecule has 66 valence electrons. The summed E-state index contributed by atoms with van der Waals surface area (Å²) in [6, 6.07) is 0. The lowest BCUT2D eigenvalue weighted by Gasteiger charge is -2.21. The van der Waals surface area contributed by atoms with Gasteiger partial charge in [-0.25, -0.2) is 4.79 Å². The molecule has 0 saturated heterocycles. The third-order valence-corrected chi connectivity index (χ3v) is 1.25. The van der Waals surface area contributed by atoms with Crippen molar-refractivity contribution in [2.24, 2.45) is 0 Å². The molecule has 4 nitrogen and oxygen atoms in total. The third-order valence-electron chi connectivity index (χ3n) is 1.25. The van der Waals surface area contributed by atoms with Gasteiger partial charge in [-0.05, 0) is 19.8 Å². The first-order valence-electron chi connectivity index (χ1n) is 3.31. The Morgan fingerprint density at radius 3 is 2.33 bits per heavy atom. The number of terminal acetylenes is 1. The van der Waals surface area contributed by atoms with E-state index in [-0.39, 0.29) is 0 Å². The number of nitrogens with one attached hydrogen (secondary N) is 1. The van der Waals surface area contributed by atoms with Crippen LogP contribution in [-0.4, -0.2) is 24.5 Å². The molecule has 0 aromatic heterocycles. The SMILES string of the molecule is C#CC(=O)NC(C)(C)C(=O)OC.